The lowest BCUT2D eigenvalue weighted by atomic mass is 10.0. The van der Waals surface area contributed by atoms with Crippen molar-refractivity contribution in [3.63, 3.8) is 0 Å². The molecule has 0 aromatic carbocycles. The molecule has 0 bridgehead atoms. The van der Waals surface area contributed by atoms with E-state index in [1.54, 1.807) is 20.8 Å². The van der Waals surface area contributed by atoms with Gasteiger partial charge in [-0.1, -0.05) is 13.8 Å². The van der Waals surface area contributed by atoms with Crippen LogP contribution in [0.4, 0.5) is 0 Å². The molecule has 0 aliphatic carbocycles. The maximum atomic E-state index is 10.4. The van der Waals surface area contributed by atoms with Crippen molar-refractivity contribution in [3.05, 3.63) is 11.3 Å². The third-order valence-electron chi connectivity index (χ3n) is 1.23. The molecule has 0 unspecified atom stereocenters. The molecule has 0 heterocycles. The Kier molecular flexibility index (Phi) is 2.93. The molecule has 0 aromatic heterocycles. The average Bonchev–Trinajstić information content (AvgIpc) is 1.59. The molecule has 0 fully saturated rings. The summed E-state index contributed by atoms with van der Waals surface area (Å²) in [6.07, 6.45) is 0. The summed E-state index contributed by atoms with van der Waals surface area (Å²) in [5, 5.41) is 8.58. The van der Waals surface area contributed by atoms with Crippen LogP contribution >= 0.6 is 0 Å². The van der Waals surface area contributed by atoms with Gasteiger partial charge in [-0.05, 0) is 12.8 Å². The van der Waals surface area contributed by atoms with Crippen molar-refractivity contribution in [1.29, 1.82) is 0 Å². The largest absolute Gasteiger partial charge is 0.478 e. The van der Waals surface area contributed by atoms with Gasteiger partial charge < -0.3 is 10.8 Å². The Labute approximate surface area is 60.5 Å². The lowest BCUT2D eigenvalue weighted by Gasteiger charge is -2.06. The Morgan fingerprint density at radius 2 is 1.90 bits per heavy atom. The van der Waals surface area contributed by atoms with E-state index in [2.05, 4.69) is 0 Å². The van der Waals surface area contributed by atoms with E-state index in [0.717, 1.165) is 0 Å². The van der Waals surface area contributed by atoms with Crippen LogP contribution in [-0.2, 0) is 4.79 Å². The second-order valence-electron chi connectivity index (χ2n) is 2.56. The molecule has 0 saturated carbocycles. The summed E-state index contributed by atoms with van der Waals surface area (Å²) in [6, 6.07) is 0. The van der Waals surface area contributed by atoms with Crippen LogP contribution in [0.15, 0.2) is 11.3 Å². The minimum Gasteiger partial charge on any atom is -0.478 e. The number of aliphatic carboxylic acids is 1. The number of hydrogen-bond donors (Lipinski definition) is 2. The number of hydrogen-bond acceptors (Lipinski definition) is 2. The molecule has 10 heavy (non-hydrogen) atoms. The Balaban J connectivity index is 4.61. The molecule has 0 atom stereocenters. The number of nitrogens with two attached hydrogens (primary N) is 1. The lowest BCUT2D eigenvalue weighted by Crippen LogP contribution is -2.13. The number of rotatable bonds is 2. The second kappa shape index (κ2) is 3.25. The Morgan fingerprint density at radius 1 is 1.50 bits per heavy atom. The highest BCUT2D eigenvalue weighted by molar-refractivity contribution is 5.87. The average molecular weight is 143 g/mol. The first-order valence-corrected chi connectivity index (χ1v) is 3.16. The topological polar surface area (TPSA) is 63.3 Å². The molecule has 0 rings (SSSR count). The highest BCUT2D eigenvalue weighted by atomic mass is 16.4. The van der Waals surface area contributed by atoms with E-state index in [0.29, 0.717) is 11.3 Å². The standard InChI is InChI=1S/C7H13NO2/c1-4(2)6(5(3)8)7(9)10/h4H,8H2,1-3H3,(H,9,10)/b6-5-. The van der Waals surface area contributed by atoms with Crippen molar-refractivity contribution in [2.24, 2.45) is 11.7 Å². The van der Waals surface area contributed by atoms with Gasteiger partial charge in [-0.2, -0.15) is 0 Å². The van der Waals surface area contributed by atoms with E-state index in [-0.39, 0.29) is 5.92 Å². The maximum absolute atomic E-state index is 10.4. The first-order valence-electron chi connectivity index (χ1n) is 3.16. The zero-order valence-corrected chi connectivity index (χ0v) is 6.51. The second-order valence-corrected chi connectivity index (χ2v) is 2.56. The third-order valence-corrected chi connectivity index (χ3v) is 1.23. The Morgan fingerprint density at radius 3 is 1.90 bits per heavy atom. The molecule has 3 N–H and O–H groups in total. The monoisotopic (exact) mass is 143 g/mol. The molecule has 58 valence electrons. The number of carbonyl (C=O) groups is 1. The van der Waals surface area contributed by atoms with Gasteiger partial charge in [0, 0.05) is 5.70 Å². The van der Waals surface area contributed by atoms with Crippen molar-refractivity contribution in [2.45, 2.75) is 20.8 Å². The van der Waals surface area contributed by atoms with Gasteiger partial charge in [-0.25, -0.2) is 4.79 Å². The molecular formula is C7H13NO2. The zero-order chi connectivity index (χ0) is 8.31. The van der Waals surface area contributed by atoms with Gasteiger partial charge in [-0.15, -0.1) is 0 Å². The van der Waals surface area contributed by atoms with Gasteiger partial charge in [0.25, 0.3) is 0 Å². The molecule has 0 spiro atoms. The summed E-state index contributed by atoms with van der Waals surface area (Å²) in [5.74, 6) is -0.933. The van der Waals surface area contributed by atoms with Crippen molar-refractivity contribution in [3.8, 4) is 0 Å². The van der Waals surface area contributed by atoms with Crippen molar-refractivity contribution >= 4 is 5.97 Å². The number of carboxylic acid groups (broad SMARTS) is 1. The first-order chi connectivity index (χ1) is 4.46. The van der Waals surface area contributed by atoms with Gasteiger partial charge in [-0.3, -0.25) is 0 Å². The van der Waals surface area contributed by atoms with Crippen LogP contribution in [0.25, 0.3) is 0 Å². The molecule has 0 radical (unpaired) electrons. The van der Waals surface area contributed by atoms with Gasteiger partial charge in [0.2, 0.25) is 0 Å². The summed E-state index contributed by atoms with van der Waals surface area (Å²) in [7, 11) is 0. The normalized spacial score (nSPS) is 13.2. The molecule has 0 aliphatic rings. The van der Waals surface area contributed by atoms with Crippen molar-refractivity contribution in [2.75, 3.05) is 0 Å². The predicted molar refractivity (Wildman–Crippen MR) is 39.4 cm³/mol. The fourth-order valence-corrected chi connectivity index (χ4v) is 0.871. The lowest BCUT2D eigenvalue weighted by molar-refractivity contribution is -0.133. The number of allylic oxidation sites excluding steroid dienone is 1. The van der Waals surface area contributed by atoms with Crippen LogP contribution in [0.5, 0.6) is 0 Å². The van der Waals surface area contributed by atoms with Crippen LogP contribution in [0.3, 0.4) is 0 Å². The van der Waals surface area contributed by atoms with Gasteiger partial charge in [0.05, 0.1) is 5.57 Å². The van der Waals surface area contributed by atoms with Gasteiger partial charge in [0.15, 0.2) is 0 Å². The summed E-state index contributed by atoms with van der Waals surface area (Å²) in [4.78, 5) is 10.4. The molecule has 3 nitrogen and oxygen atoms in total. The van der Waals surface area contributed by atoms with Crippen LogP contribution in [0.1, 0.15) is 20.8 Å². The Hall–Kier alpha value is -0.990. The van der Waals surface area contributed by atoms with E-state index < -0.39 is 5.97 Å². The van der Waals surface area contributed by atoms with Crippen LogP contribution in [0, 0.1) is 5.92 Å². The van der Waals surface area contributed by atoms with Crippen molar-refractivity contribution < 1.29 is 9.90 Å². The minimum absolute atomic E-state index is 0.0116. The van der Waals surface area contributed by atoms with E-state index >= 15 is 0 Å². The van der Waals surface area contributed by atoms with Crippen LogP contribution in [-0.4, -0.2) is 11.1 Å². The maximum Gasteiger partial charge on any atom is 0.333 e. The highest BCUT2D eigenvalue weighted by Gasteiger charge is 2.13. The van der Waals surface area contributed by atoms with Crippen LogP contribution < -0.4 is 5.73 Å². The first kappa shape index (κ1) is 9.01. The predicted octanol–water partition coefficient (Wildman–Crippen LogP) is 0.960. The quantitative estimate of drug-likeness (QED) is 0.566. The Bertz CT molecular complexity index is 166. The van der Waals surface area contributed by atoms with E-state index in [1.807, 2.05) is 0 Å². The SMILES string of the molecule is C/C(N)=C(/C(=O)O)C(C)C. The van der Waals surface area contributed by atoms with E-state index in [4.69, 9.17) is 10.8 Å². The molecule has 3 heteroatoms. The third kappa shape index (κ3) is 2.09. The molecule has 0 saturated heterocycles. The fraction of sp³-hybridized carbons (Fsp3) is 0.571. The minimum atomic E-state index is -0.921. The molecular weight excluding hydrogens is 130 g/mol. The zero-order valence-electron chi connectivity index (χ0n) is 6.51. The summed E-state index contributed by atoms with van der Waals surface area (Å²) in [6.45, 7) is 5.21. The number of carboxylic acids is 1. The van der Waals surface area contributed by atoms with E-state index in [1.165, 1.54) is 0 Å². The smallest absolute Gasteiger partial charge is 0.333 e. The summed E-state index contributed by atoms with van der Waals surface area (Å²) >= 11 is 0. The molecule has 0 amide bonds. The fourth-order valence-electron chi connectivity index (χ4n) is 0.871. The molecule has 0 aliphatic heterocycles. The highest BCUT2D eigenvalue weighted by Crippen LogP contribution is 2.11. The van der Waals surface area contributed by atoms with Gasteiger partial charge in [0.1, 0.15) is 0 Å². The van der Waals surface area contributed by atoms with Gasteiger partial charge >= 0.3 is 5.97 Å². The van der Waals surface area contributed by atoms with E-state index in [9.17, 15) is 4.79 Å². The molecule has 0 aromatic rings. The van der Waals surface area contributed by atoms with Crippen LogP contribution in [0.2, 0.25) is 0 Å². The summed E-state index contributed by atoms with van der Waals surface area (Å²) in [5.41, 5.74) is 6.03. The van der Waals surface area contributed by atoms with Crippen molar-refractivity contribution in [1.82, 2.24) is 0 Å². The summed E-state index contributed by atoms with van der Waals surface area (Å²) < 4.78 is 0.